The van der Waals surface area contributed by atoms with E-state index in [-0.39, 0.29) is 5.56 Å². The van der Waals surface area contributed by atoms with Crippen molar-refractivity contribution >= 4 is 51.6 Å². The Balaban J connectivity index is 1.99. The Kier molecular flexibility index (Phi) is 6.36. The first-order valence-corrected chi connectivity index (χ1v) is 9.04. The van der Waals surface area contributed by atoms with E-state index >= 15 is 0 Å². The Labute approximate surface area is 151 Å². The van der Waals surface area contributed by atoms with Crippen molar-refractivity contribution in [2.24, 2.45) is 0 Å². The summed E-state index contributed by atoms with van der Waals surface area (Å²) in [6.07, 6.45) is 1.46. The molecule has 0 unspecified atom stereocenters. The van der Waals surface area contributed by atoms with Crippen LogP contribution in [0.4, 0.5) is 5.69 Å². The first-order valence-electron chi connectivity index (χ1n) is 6.72. The van der Waals surface area contributed by atoms with Gasteiger partial charge in [0.15, 0.2) is 6.61 Å². The molecule has 0 aliphatic carbocycles. The van der Waals surface area contributed by atoms with Gasteiger partial charge in [0.1, 0.15) is 0 Å². The first-order chi connectivity index (χ1) is 11.4. The fourth-order valence-electron chi connectivity index (χ4n) is 1.92. The lowest BCUT2D eigenvalue weighted by Crippen LogP contribution is -2.21. The average molecular weight is 386 g/mol. The van der Waals surface area contributed by atoms with Crippen molar-refractivity contribution in [1.82, 2.24) is 0 Å². The summed E-state index contributed by atoms with van der Waals surface area (Å²) >= 11 is 11.7. The molecule has 24 heavy (non-hydrogen) atoms. The van der Waals surface area contributed by atoms with E-state index in [1.165, 1.54) is 30.5 Å². The standard InChI is InChI=1S/C16H13Cl2NO4S/c1-24(22)14-5-3-2-4-13(14)16(21)23-9-15(20)19-12-7-10(17)6-11(18)8-12/h2-8H,9H2,1H3,(H,19,20)/t24-/m0/s1. The number of rotatable bonds is 5. The van der Waals surface area contributed by atoms with E-state index in [2.05, 4.69) is 5.32 Å². The highest BCUT2D eigenvalue weighted by Crippen LogP contribution is 2.22. The molecule has 0 saturated carbocycles. The van der Waals surface area contributed by atoms with Crippen LogP contribution in [0, 0.1) is 0 Å². The minimum absolute atomic E-state index is 0.164. The highest BCUT2D eigenvalue weighted by atomic mass is 35.5. The third-order valence-corrected chi connectivity index (χ3v) is 4.31. The fourth-order valence-corrected chi connectivity index (χ4v) is 3.18. The fraction of sp³-hybridized carbons (Fsp3) is 0.125. The zero-order valence-corrected chi connectivity index (χ0v) is 14.9. The summed E-state index contributed by atoms with van der Waals surface area (Å²) in [5, 5.41) is 3.26. The van der Waals surface area contributed by atoms with E-state index in [9.17, 15) is 13.8 Å². The van der Waals surface area contributed by atoms with Gasteiger partial charge in [-0.05, 0) is 30.3 Å². The van der Waals surface area contributed by atoms with Crippen LogP contribution in [0.25, 0.3) is 0 Å². The number of hydrogen-bond acceptors (Lipinski definition) is 4. The second kappa shape index (κ2) is 8.28. The third kappa shape index (κ3) is 5.06. The van der Waals surface area contributed by atoms with Crippen molar-refractivity contribution in [2.45, 2.75) is 4.90 Å². The minimum Gasteiger partial charge on any atom is -0.452 e. The number of ether oxygens (including phenoxy) is 1. The zero-order valence-electron chi connectivity index (χ0n) is 12.5. The van der Waals surface area contributed by atoms with Gasteiger partial charge in [0.25, 0.3) is 5.91 Å². The van der Waals surface area contributed by atoms with E-state index < -0.39 is 29.3 Å². The van der Waals surface area contributed by atoms with Gasteiger partial charge in [-0.15, -0.1) is 0 Å². The number of esters is 1. The third-order valence-electron chi connectivity index (χ3n) is 2.90. The number of carbonyl (C=O) groups is 2. The van der Waals surface area contributed by atoms with Crippen molar-refractivity contribution in [3.63, 3.8) is 0 Å². The summed E-state index contributed by atoms with van der Waals surface area (Å²) in [5.74, 6) is -1.27. The van der Waals surface area contributed by atoms with Crippen molar-refractivity contribution < 1.29 is 18.5 Å². The normalized spacial score (nSPS) is 11.6. The summed E-state index contributed by atoms with van der Waals surface area (Å²) in [7, 11) is -1.34. The lowest BCUT2D eigenvalue weighted by atomic mass is 10.2. The number of carbonyl (C=O) groups excluding carboxylic acids is 2. The summed E-state index contributed by atoms with van der Waals surface area (Å²) < 4.78 is 16.6. The maximum Gasteiger partial charge on any atom is 0.339 e. The summed E-state index contributed by atoms with van der Waals surface area (Å²) in [5.41, 5.74) is 0.556. The molecule has 0 heterocycles. The van der Waals surface area contributed by atoms with Gasteiger partial charge in [0, 0.05) is 22.0 Å². The molecule has 2 aromatic carbocycles. The molecule has 1 atom stereocenters. The molecule has 0 aliphatic heterocycles. The van der Waals surface area contributed by atoms with Crippen molar-refractivity contribution in [3.8, 4) is 0 Å². The molecule has 0 saturated heterocycles. The lowest BCUT2D eigenvalue weighted by molar-refractivity contribution is -0.119. The van der Waals surface area contributed by atoms with Gasteiger partial charge in [0.05, 0.1) is 21.3 Å². The molecule has 8 heteroatoms. The van der Waals surface area contributed by atoms with Crippen LogP contribution in [0.15, 0.2) is 47.4 Å². The molecule has 5 nitrogen and oxygen atoms in total. The quantitative estimate of drug-likeness (QED) is 0.798. The van der Waals surface area contributed by atoms with E-state index in [0.29, 0.717) is 20.6 Å². The molecular weight excluding hydrogens is 373 g/mol. The lowest BCUT2D eigenvalue weighted by Gasteiger charge is -2.09. The molecule has 2 aromatic rings. The highest BCUT2D eigenvalue weighted by Gasteiger charge is 2.16. The van der Waals surface area contributed by atoms with E-state index in [4.69, 9.17) is 27.9 Å². The molecule has 0 spiro atoms. The van der Waals surface area contributed by atoms with Gasteiger partial charge in [-0.1, -0.05) is 35.3 Å². The van der Waals surface area contributed by atoms with Crippen LogP contribution in [0.1, 0.15) is 10.4 Å². The summed E-state index contributed by atoms with van der Waals surface area (Å²) in [6, 6.07) is 10.9. The molecule has 1 amide bonds. The predicted molar refractivity (Wildman–Crippen MR) is 94.1 cm³/mol. The smallest absolute Gasteiger partial charge is 0.339 e. The number of halogens is 2. The van der Waals surface area contributed by atoms with E-state index in [1.54, 1.807) is 18.2 Å². The van der Waals surface area contributed by atoms with Crippen LogP contribution < -0.4 is 5.32 Å². The van der Waals surface area contributed by atoms with Crippen LogP contribution in [0.2, 0.25) is 10.0 Å². The number of anilines is 1. The summed E-state index contributed by atoms with van der Waals surface area (Å²) in [6.45, 7) is -0.492. The second-order valence-corrected chi connectivity index (χ2v) is 6.95. The Morgan fingerprint density at radius 2 is 1.75 bits per heavy atom. The molecule has 0 aromatic heterocycles. The number of hydrogen-bond donors (Lipinski definition) is 1. The largest absolute Gasteiger partial charge is 0.452 e. The van der Waals surface area contributed by atoms with Gasteiger partial charge in [0.2, 0.25) is 0 Å². The zero-order chi connectivity index (χ0) is 17.7. The molecule has 0 radical (unpaired) electrons. The highest BCUT2D eigenvalue weighted by molar-refractivity contribution is 7.84. The van der Waals surface area contributed by atoms with Crippen molar-refractivity contribution in [1.29, 1.82) is 0 Å². The number of benzene rings is 2. The second-order valence-electron chi connectivity index (χ2n) is 4.73. The van der Waals surface area contributed by atoms with E-state index in [0.717, 1.165) is 0 Å². The SMILES string of the molecule is C[S@](=O)c1ccccc1C(=O)OCC(=O)Nc1cc(Cl)cc(Cl)c1. The average Bonchev–Trinajstić information content (AvgIpc) is 2.51. The Bertz CT molecular complexity index is 790. The van der Waals surface area contributed by atoms with Gasteiger partial charge in [-0.25, -0.2) is 4.79 Å². The molecule has 0 bridgehead atoms. The van der Waals surface area contributed by atoms with Crippen LogP contribution in [0.5, 0.6) is 0 Å². The Morgan fingerprint density at radius 3 is 2.38 bits per heavy atom. The number of nitrogens with one attached hydrogen (secondary N) is 1. The maximum absolute atomic E-state index is 12.1. The Morgan fingerprint density at radius 1 is 1.12 bits per heavy atom. The van der Waals surface area contributed by atoms with Gasteiger partial charge < -0.3 is 10.1 Å². The molecule has 1 N–H and O–H groups in total. The first kappa shape index (κ1) is 18.4. The monoisotopic (exact) mass is 385 g/mol. The Hall–Kier alpha value is -1.89. The minimum atomic E-state index is -1.34. The molecular formula is C16H13Cl2NO4S. The summed E-state index contributed by atoms with van der Waals surface area (Å²) in [4.78, 5) is 24.3. The molecule has 0 fully saturated rings. The van der Waals surface area contributed by atoms with Gasteiger partial charge in [-0.3, -0.25) is 9.00 Å². The van der Waals surface area contributed by atoms with Crippen molar-refractivity contribution in [2.75, 3.05) is 18.2 Å². The van der Waals surface area contributed by atoms with Gasteiger partial charge in [-0.2, -0.15) is 0 Å². The molecule has 2 rings (SSSR count). The van der Waals surface area contributed by atoms with Crippen LogP contribution in [0.3, 0.4) is 0 Å². The van der Waals surface area contributed by atoms with Crippen LogP contribution in [-0.4, -0.2) is 28.9 Å². The topological polar surface area (TPSA) is 72.5 Å². The van der Waals surface area contributed by atoms with E-state index in [1.807, 2.05) is 0 Å². The molecule has 0 aliphatic rings. The maximum atomic E-state index is 12.1. The van der Waals surface area contributed by atoms with Crippen LogP contribution in [-0.2, 0) is 20.3 Å². The van der Waals surface area contributed by atoms with Crippen LogP contribution >= 0.6 is 23.2 Å². The number of amides is 1. The predicted octanol–water partition coefficient (Wildman–Crippen LogP) is 3.53. The van der Waals surface area contributed by atoms with Crippen molar-refractivity contribution in [3.05, 3.63) is 58.1 Å². The molecule has 126 valence electrons. The van der Waals surface area contributed by atoms with Gasteiger partial charge >= 0.3 is 5.97 Å².